The van der Waals surface area contributed by atoms with E-state index >= 15 is 0 Å². The van der Waals surface area contributed by atoms with Crippen molar-refractivity contribution in [2.45, 2.75) is 24.5 Å². The molecule has 1 fully saturated rings. The zero-order valence-corrected chi connectivity index (χ0v) is 19.1. The maximum absolute atomic E-state index is 5.56. The summed E-state index contributed by atoms with van der Waals surface area (Å²) in [6.07, 6.45) is 4.27. The third-order valence-electron chi connectivity index (χ3n) is 4.36. The average molecular weight is 495 g/mol. The van der Waals surface area contributed by atoms with Crippen molar-refractivity contribution in [3.8, 4) is 11.5 Å². The van der Waals surface area contributed by atoms with Crippen LogP contribution >= 0.6 is 35.7 Å². The number of hydrogen-bond donors (Lipinski definition) is 2. The molecule has 148 valence electrons. The molecule has 0 bridgehead atoms. The molecule has 0 aliphatic carbocycles. The number of ether oxygens (including phenoxy) is 3. The van der Waals surface area contributed by atoms with Gasteiger partial charge in [0.1, 0.15) is 0 Å². The Hall–Kier alpha value is -0.870. The Balaban J connectivity index is 0.00000338. The van der Waals surface area contributed by atoms with Gasteiger partial charge in [-0.3, -0.25) is 4.99 Å². The van der Waals surface area contributed by atoms with Gasteiger partial charge >= 0.3 is 0 Å². The first-order valence-electron chi connectivity index (χ1n) is 8.58. The summed E-state index contributed by atoms with van der Waals surface area (Å²) in [7, 11) is 3.42. The Morgan fingerprint density at radius 2 is 2.04 bits per heavy atom. The van der Waals surface area contributed by atoms with E-state index in [1.54, 1.807) is 14.2 Å². The predicted molar refractivity (Wildman–Crippen MR) is 121 cm³/mol. The molecule has 1 saturated heterocycles. The second-order valence-corrected chi connectivity index (χ2v) is 7.12. The molecule has 8 heteroatoms. The molecule has 0 saturated carbocycles. The monoisotopic (exact) mass is 495 g/mol. The minimum atomic E-state index is 0. The maximum atomic E-state index is 5.56. The van der Waals surface area contributed by atoms with Crippen LogP contribution in [0.3, 0.4) is 0 Å². The first-order chi connectivity index (χ1) is 12.2. The van der Waals surface area contributed by atoms with Gasteiger partial charge in [-0.1, -0.05) is 0 Å². The van der Waals surface area contributed by atoms with Crippen molar-refractivity contribution in [2.24, 2.45) is 4.99 Å². The highest BCUT2D eigenvalue weighted by molar-refractivity contribution is 14.0. The van der Waals surface area contributed by atoms with Gasteiger partial charge in [-0.2, -0.15) is 11.8 Å². The zero-order chi connectivity index (χ0) is 18.1. The second kappa shape index (κ2) is 11.8. The van der Waals surface area contributed by atoms with Crippen molar-refractivity contribution >= 4 is 47.4 Å². The third-order valence-corrected chi connectivity index (χ3v) is 5.78. The largest absolute Gasteiger partial charge is 0.493 e. The number of aliphatic imine (C=N–C) groups is 1. The molecule has 1 aromatic carbocycles. The van der Waals surface area contributed by atoms with Crippen LogP contribution in [0.4, 0.5) is 5.69 Å². The van der Waals surface area contributed by atoms with Crippen LogP contribution in [-0.2, 0) is 4.74 Å². The number of anilines is 1. The highest BCUT2D eigenvalue weighted by Crippen LogP contribution is 2.33. The third kappa shape index (κ3) is 6.38. The van der Waals surface area contributed by atoms with E-state index in [-0.39, 0.29) is 28.7 Å². The summed E-state index contributed by atoms with van der Waals surface area (Å²) in [6.45, 7) is 5.06. The van der Waals surface area contributed by atoms with Gasteiger partial charge in [-0.15, -0.1) is 24.0 Å². The summed E-state index contributed by atoms with van der Waals surface area (Å²) in [5.41, 5.74) is 0.901. The summed E-state index contributed by atoms with van der Waals surface area (Å²) in [4.78, 5) is 4.33. The Kier molecular flexibility index (Phi) is 10.5. The van der Waals surface area contributed by atoms with E-state index in [0.29, 0.717) is 12.4 Å². The molecule has 2 N–H and O–H groups in total. The van der Waals surface area contributed by atoms with E-state index in [0.717, 1.165) is 50.0 Å². The first kappa shape index (κ1) is 23.2. The first-order valence-corrected chi connectivity index (χ1v) is 9.80. The lowest BCUT2D eigenvalue weighted by atomic mass is 9.99. The lowest BCUT2D eigenvalue weighted by Gasteiger charge is -2.36. The highest BCUT2D eigenvalue weighted by atomic mass is 127. The molecule has 0 atom stereocenters. The van der Waals surface area contributed by atoms with Crippen LogP contribution in [0.5, 0.6) is 11.5 Å². The van der Waals surface area contributed by atoms with E-state index in [1.165, 1.54) is 0 Å². The Bertz CT molecular complexity index is 581. The normalized spacial score (nSPS) is 16.4. The van der Waals surface area contributed by atoms with E-state index in [2.05, 4.69) is 21.9 Å². The minimum Gasteiger partial charge on any atom is -0.493 e. The number of rotatable bonds is 7. The Labute approximate surface area is 177 Å². The number of methoxy groups -OCH3 is 1. The summed E-state index contributed by atoms with van der Waals surface area (Å²) in [5.74, 6) is 2.18. The zero-order valence-electron chi connectivity index (χ0n) is 16.0. The van der Waals surface area contributed by atoms with Gasteiger partial charge in [0.2, 0.25) is 0 Å². The molecule has 1 aliphatic rings. The van der Waals surface area contributed by atoms with Gasteiger partial charge in [0, 0.05) is 43.3 Å². The molecule has 0 spiro atoms. The molecule has 0 amide bonds. The summed E-state index contributed by atoms with van der Waals surface area (Å²) in [5, 5.41) is 6.76. The predicted octanol–water partition coefficient (Wildman–Crippen LogP) is 3.61. The molecule has 1 heterocycles. The Morgan fingerprint density at radius 1 is 1.31 bits per heavy atom. The number of nitrogens with zero attached hydrogens (tertiary/aromatic N) is 1. The molecule has 0 radical (unpaired) electrons. The molecule has 26 heavy (non-hydrogen) atoms. The lowest BCUT2D eigenvalue weighted by molar-refractivity contribution is 0.0783. The molecule has 0 aromatic heterocycles. The van der Waals surface area contributed by atoms with Gasteiger partial charge in [-0.25, -0.2) is 0 Å². The van der Waals surface area contributed by atoms with Crippen LogP contribution in [0.2, 0.25) is 0 Å². The Morgan fingerprint density at radius 3 is 2.62 bits per heavy atom. The summed E-state index contributed by atoms with van der Waals surface area (Å²) < 4.78 is 16.7. The van der Waals surface area contributed by atoms with Crippen LogP contribution in [0.15, 0.2) is 23.2 Å². The molecule has 2 rings (SSSR count). The smallest absolute Gasteiger partial charge is 0.195 e. The highest BCUT2D eigenvalue weighted by Gasteiger charge is 2.31. The van der Waals surface area contributed by atoms with Gasteiger partial charge in [0.25, 0.3) is 0 Å². The fraction of sp³-hybridized carbons (Fsp3) is 0.611. The standard InChI is InChI=1S/C18H29N3O3S.HI/c1-5-24-15-7-6-14(12-16(15)22-3)21-17(19-2)20-13-18(25-4)8-10-23-11-9-18;/h6-7,12H,5,8-11,13H2,1-4H3,(H2,19,20,21);1H. The number of halogens is 1. The van der Waals surface area contributed by atoms with Crippen molar-refractivity contribution in [1.82, 2.24) is 5.32 Å². The SMILES string of the molecule is CCOc1ccc(NC(=NC)NCC2(SC)CCOCC2)cc1OC.I. The van der Waals surface area contributed by atoms with E-state index in [9.17, 15) is 0 Å². The van der Waals surface area contributed by atoms with Gasteiger partial charge < -0.3 is 24.8 Å². The van der Waals surface area contributed by atoms with Crippen LogP contribution in [0.1, 0.15) is 19.8 Å². The lowest BCUT2D eigenvalue weighted by Crippen LogP contribution is -2.45. The molecule has 1 aromatic rings. The summed E-state index contributed by atoms with van der Waals surface area (Å²) >= 11 is 1.90. The molecule has 1 aliphatic heterocycles. The second-order valence-electron chi connectivity index (χ2n) is 5.85. The van der Waals surface area contributed by atoms with Crippen molar-refractivity contribution in [3.63, 3.8) is 0 Å². The van der Waals surface area contributed by atoms with Crippen molar-refractivity contribution in [3.05, 3.63) is 18.2 Å². The summed E-state index contributed by atoms with van der Waals surface area (Å²) in [6, 6.07) is 5.77. The average Bonchev–Trinajstić information content (AvgIpc) is 2.67. The van der Waals surface area contributed by atoms with Crippen LogP contribution in [0, 0.1) is 0 Å². The molecule has 6 nitrogen and oxygen atoms in total. The van der Waals surface area contributed by atoms with E-state index in [1.807, 2.05) is 36.9 Å². The van der Waals surface area contributed by atoms with Crippen LogP contribution in [0.25, 0.3) is 0 Å². The number of nitrogens with one attached hydrogen (secondary N) is 2. The fourth-order valence-corrected chi connectivity index (χ4v) is 3.57. The van der Waals surface area contributed by atoms with Crippen LogP contribution in [-0.4, -0.2) is 57.5 Å². The van der Waals surface area contributed by atoms with Crippen LogP contribution < -0.4 is 20.1 Å². The number of guanidine groups is 1. The molecular formula is C18H30IN3O3S. The van der Waals surface area contributed by atoms with Crippen molar-refractivity contribution in [2.75, 3.05) is 52.1 Å². The van der Waals surface area contributed by atoms with Gasteiger partial charge in [-0.05, 0) is 38.2 Å². The van der Waals surface area contributed by atoms with Gasteiger partial charge in [0.15, 0.2) is 17.5 Å². The molecular weight excluding hydrogens is 465 g/mol. The van der Waals surface area contributed by atoms with Crippen molar-refractivity contribution in [1.29, 1.82) is 0 Å². The fourth-order valence-electron chi connectivity index (χ4n) is 2.78. The minimum absolute atomic E-state index is 0. The van der Waals surface area contributed by atoms with Crippen molar-refractivity contribution < 1.29 is 14.2 Å². The molecule has 0 unspecified atom stereocenters. The van der Waals surface area contributed by atoms with Gasteiger partial charge in [0.05, 0.1) is 13.7 Å². The topological polar surface area (TPSA) is 64.1 Å². The number of hydrogen-bond acceptors (Lipinski definition) is 5. The van der Waals surface area contributed by atoms with E-state index < -0.39 is 0 Å². The quantitative estimate of drug-likeness (QED) is 0.343. The number of benzene rings is 1. The maximum Gasteiger partial charge on any atom is 0.195 e. The van der Waals surface area contributed by atoms with E-state index in [4.69, 9.17) is 14.2 Å². The number of thioether (sulfide) groups is 1.